The van der Waals surface area contributed by atoms with Crippen LogP contribution < -0.4 is 5.32 Å². The van der Waals surface area contributed by atoms with E-state index < -0.39 is 6.10 Å². The molecule has 1 aliphatic heterocycles. The van der Waals surface area contributed by atoms with Crippen LogP contribution in [-0.4, -0.2) is 46.7 Å². The van der Waals surface area contributed by atoms with Crippen molar-refractivity contribution in [3.8, 4) is 0 Å². The molecule has 0 radical (unpaired) electrons. The van der Waals surface area contributed by atoms with Crippen molar-refractivity contribution in [1.29, 1.82) is 0 Å². The molecule has 0 spiro atoms. The summed E-state index contributed by atoms with van der Waals surface area (Å²) in [5, 5.41) is 17.0. The van der Waals surface area contributed by atoms with Crippen LogP contribution in [-0.2, 0) is 6.42 Å². The summed E-state index contributed by atoms with van der Waals surface area (Å²) in [5.74, 6) is -0.113. The molecule has 1 fully saturated rings. The molecule has 5 heteroatoms. The molecule has 0 unspecified atom stereocenters. The van der Waals surface area contributed by atoms with Gasteiger partial charge >= 0.3 is 0 Å². The Hall–Kier alpha value is -3.20. The number of likely N-dealkylation sites (tertiary alicyclic amines) is 1. The first kappa shape index (κ1) is 23.0. The molecule has 0 aliphatic carbocycles. The van der Waals surface area contributed by atoms with E-state index in [9.17, 15) is 9.90 Å². The molecule has 0 saturated carbocycles. The van der Waals surface area contributed by atoms with Crippen molar-refractivity contribution >= 4 is 22.4 Å². The highest BCUT2D eigenvalue weighted by Gasteiger charge is 2.35. The van der Waals surface area contributed by atoms with E-state index in [0.717, 1.165) is 19.3 Å². The molecule has 0 aromatic heterocycles. The minimum atomic E-state index is -0.656. The first-order valence-electron chi connectivity index (χ1n) is 11.6. The van der Waals surface area contributed by atoms with Crippen molar-refractivity contribution in [2.75, 3.05) is 13.1 Å². The molecule has 2 N–H and O–H groups in total. The van der Waals surface area contributed by atoms with E-state index in [1.165, 1.54) is 16.3 Å². The van der Waals surface area contributed by atoms with Gasteiger partial charge in [0.1, 0.15) is 0 Å². The van der Waals surface area contributed by atoms with Gasteiger partial charge in [-0.05, 0) is 55.5 Å². The van der Waals surface area contributed by atoms with Crippen LogP contribution in [0.25, 0.3) is 15.6 Å². The Bertz CT molecular complexity index is 1180. The van der Waals surface area contributed by atoms with Crippen LogP contribution in [0.1, 0.15) is 42.6 Å². The molecule has 1 amide bonds. The highest BCUT2D eigenvalue weighted by molar-refractivity contribution is 5.95. The third-order valence-electron chi connectivity index (χ3n) is 6.48. The van der Waals surface area contributed by atoms with Crippen LogP contribution in [0.5, 0.6) is 0 Å². The predicted molar refractivity (Wildman–Crippen MR) is 133 cm³/mol. The Labute approximate surface area is 195 Å². The fourth-order valence-electron chi connectivity index (χ4n) is 4.76. The Morgan fingerprint density at radius 1 is 1.15 bits per heavy atom. The molecular weight excluding hydrogens is 410 g/mol. The molecule has 170 valence electrons. The second kappa shape index (κ2) is 9.74. The molecule has 0 bridgehead atoms. The Balaban J connectivity index is 1.38. The van der Waals surface area contributed by atoms with Crippen molar-refractivity contribution in [1.82, 2.24) is 10.2 Å². The second-order valence-electron chi connectivity index (χ2n) is 9.56. The fourth-order valence-corrected chi connectivity index (χ4v) is 4.76. The third kappa shape index (κ3) is 5.42. The lowest BCUT2D eigenvalue weighted by Crippen LogP contribution is -2.51. The van der Waals surface area contributed by atoms with Gasteiger partial charge in [-0.25, -0.2) is 4.85 Å². The van der Waals surface area contributed by atoms with E-state index in [1.54, 1.807) is 29.2 Å². The lowest BCUT2D eigenvalue weighted by molar-refractivity contribution is 0.0469. The summed E-state index contributed by atoms with van der Waals surface area (Å²) in [5.41, 5.74) is 2.00. The highest BCUT2D eigenvalue weighted by Crippen LogP contribution is 2.25. The zero-order valence-corrected chi connectivity index (χ0v) is 19.3. The van der Waals surface area contributed by atoms with Gasteiger partial charge in [0.15, 0.2) is 5.69 Å². The maximum Gasteiger partial charge on any atom is 0.252 e. The van der Waals surface area contributed by atoms with E-state index in [1.807, 2.05) is 6.07 Å². The number of carbonyl (C=O) groups is 1. The normalized spacial score (nSPS) is 17.2. The number of benzene rings is 3. The number of aliphatic hydroxyl groups is 1. The molecule has 5 nitrogen and oxygen atoms in total. The Kier molecular flexibility index (Phi) is 6.78. The molecule has 1 saturated heterocycles. The fraction of sp³-hybridized carbons (Fsp3) is 0.357. The first-order chi connectivity index (χ1) is 15.9. The van der Waals surface area contributed by atoms with Gasteiger partial charge < -0.3 is 15.3 Å². The Morgan fingerprint density at radius 3 is 2.73 bits per heavy atom. The second-order valence-corrected chi connectivity index (χ2v) is 9.56. The van der Waals surface area contributed by atoms with Crippen molar-refractivity contribution in [2.24, 2.45) is 0 Å². The zero-order valence-electron chi connectivity index (χ0n) is 19.3. The average Bonchev–Trinajstić information content (AvgIpc) is 3.32. The quantitative estimate of drug-likeness (QED) is 0.509. The largest absolute Gasteiger partial charge is 0.390 e. The van der Waals surface area contributed by atoms with Crippen LogP contribution >= 0.6 is 0 Å². The van der Waals surface area contributed by atoms with Crippen LogP contribution in [0.3, 0.4) is 0 Å². The summed E-state index contributed by atoms with van der Waals surface area (Å²) >= 11 is 0. The van der Waals surface area contributed by atoms with E-state index in [-0.39, 0.29) is 17.5 Å². The minimum absolute atomic E-state index is 0.113. The first-order valence-corrected chi connectivity index (χ1v) is 11.6. The van der Waals surface area contributed by atoms with E-state index in [0.29, 0.717) is 24.3 Å². The monoisotopic (exact) mass is 441 g/mol. The van der Waals surface area contributed by atoms with Crippen molar-refractivity contribution in [2.45, 2.75) is 50.8 Å². The number of fused-ring (bicyclic) bond motifs is 1. The molecule has 4 rings (SSSR count). The van der Waals surface area contributed by atoms with Crippen molar-refractivity contribution in [3.63, 3.8) is 0 Å². The number of aliphatic hydroxyl groups excluding tert-OH is 1. The van der Waals surface area contributed by atoms with E-state index in [4.69, 9.17) is 6.57 Å². The molecule has 3 aromatic carbocycles. The van der Waals surface area contributed by atoms with Crippen LogP contribution in [0.2, 0.25) is 0 Å². The van der Waals surface area contributed by atoms with Crippen molar-refractivity contribution < 1.29 is 9.90 Å². The molecule has 33 heavy (non-hydrogen) atoms. The van der Waals surface area contributed by atoms with Gasteiger partial charge in [-0.15, -0.1) is 0 Å². The summed E-state index contributed by atoms with van der Waals surface area (Å²) in [4.78, 5) is 18.3. The van der Waals surface area contributed by atoms with Gasteiger partial charge in [-0.1, -0.05) is 60.7 Å². The van der Waals surface area contributed by atoms with E-state index >= 15 is 0 Å². The zero-order chi connectivity index (χ0) is 23.4. The van der Waals surface area contributed by atoms with Crippen LogP contribution in [0, 0.1) is 6.57 Å². The number of β-amino-alcohol motifs (C(OH)–C–C–N with tert-alkyl or cyclic N) is 1. The average molecular weight is 442 g/mol. The molecule has 2 atom stereocenters. The molecule has 1 aliphatic rings. The number of hydrogen-bond donors (Lipinski definition) is 2. The number of carbonyl (C=O) groups excluding carboxylic acids is 1. The number of nitrogens with one attached hydrogen (secondary N) is 1. The molecule has 1 heterocycles. The van der Waals surface area contributed by atoms with Gasteiger partial charge in [0, 0.05) is 24.2 Å². The van der Waals surface area contributed by atoms with Gasteiger partial charge in [0.05, 0.1) is 18.7 Å². The molecule has 3 aromatic rings. The Morgan fingerprint density at radius 2 is 1.94 bits per heavy atom. The highest BCUT2D eigenvalue weighted by atomic mass is 16.3. The smallest absolute Gasteiger partial charge is 0.252 e. The maximum atomic E-state index is 13.1. The van der Waals surface area contributed by atoms with Gasteiger partial charge in [0.2, 0.25) is 0 Å². The summed E-state index contributed by atoms with van der Waals surface area (Å²) in [7, 11) is 0. The minimum Gasteiger partial charge on any atom is -0.390 e. The summed E-state index contributed by atoms with van der Waals surface area (Å²) < 4.78 is 0. The number of rotatable bonds is 7. The van der Waals surface area contributed by atoms with Gasteiger partial charge in [-0.3, -0.25) is 4.79 Å². The third-order valence-corrected chi connectivity index (χ3v) is 6.48. The number of amides is 1. The summed E-state index contributed by atoms with van der Waals surface area (Å²) in [6, 6.07) is 21.5. The number of nitrogens with zero attached hydrogens (tertiary/aromatic N) is 2. The lowest BCUT2D eigenvalue weighted by atomic mass is 9.93. The van der Waals surface area contributed by atoms with Crippen LogP contribution in [0.15, 0.2) is 66.7 Å². The van der Waals surface area contributed by atoms with Gasteiger partial charge in [-0.2, -0.15) is 0 Å². The SMILES string of the molecule is [C-]#[N+]c1cccc(C(=O)N2CCC[C@@H]2[C@H](O)CNC(C)(C)Cc2ccc3ccccc3c2)c1. The van der Waals surface area contributed by atoms with Crippen molar-refractivity contribution in [3.05, 3.63) is 89.3 Å². The van der Waals surface area contributed by atoms with Crippen LogP contribution in [0.4, 0.5) is 5.69 Å². The summed E-state index contributed by atoms with van der Waals surface area (Å²) in [6.07, 6.45) is 1.83. The lowest BCUT2D eigenvalue weighted by Gasteiger charge is -2.33. The molecular formula is C28H31N3O2. The summed E-state index contributed by atoms with van der Waals surface area (Å²) in [6.45, 7) is 12.5. The van der Waals surface area contributed by atoms with Gasteiger partial charge in [0.25, 0.3) is 5.91 Å². The standard InChI is InChI=1S/C28H31N3O2/c1-28(2,18-20-13-14-21-8-4-5-9-22(21)16-20)30-19-26(32)25-12-7-15-31(25)27(33)23-10-6-11-24(17-23)29-3/h4-6,8-11,13-14,16-17,25-26,30,32H,7,12,15,18-19H2,1-2H3/t25-,26-/m1/s1. The predicted octanol–water partition coefficient (Wildman–Crippen LogP) is 4.97. The maximum absolute atomic E-state index is 13.1. The topological polar surface area (TPSA) is 56.9 Å². The number of hydrogen-bond acceptors (Lipinski definition) is 3. The van der Waals surface area contributed by atoms with E-state index in [2.05, 4.69) is 60.4 Å².